The summed E-state index contributed by atoms with van der Waals surface area (Å²) < 4.78 is 2.11. The Morgan fingerprint density at radius 1 is 1.07 bits per heavy atom. The van der Waals surface area contributed by atoms with Gasteiger partial charge in [-0.25, -0.2) is 0 Å². The van der Waals surface area contributed by atoms with Gasteiger partial charge in [0.2, 0.25) is 0 Å². The average Bonchev–Trinajstić information content (AvgIpc) is 3.36. The van der Waals surface area contributed by atoms with E-state index < -0.39 is 0 Å². The summed E-state index contributed by atoms with van der Waals surface area (Å²) in [5.41, 5.74) is 4.64. The summed E-state index contributed by atoms with van der Waals surface area (Å²) in [6, 6.07) is 18.6. The van der Waals surface area contributed by atoms with Crippen LogP contribution in [0.4, 0.5) is 5.13 Å². The molecule has 0 saturated heterocycles. The molecule has 4 nitrogen and oxygen atoms in total. The predicted molar refractivity (Wildman–Crippen MR) is 115 cm³/mol. The molecule has 0 radical (unpaired) electrons. The molecule has 2 heterocycles. The van der Waals surface area contributed by atoms with Crippen LogP contribution in [-0.2, 0) is 5.75 Å². The molecule has 0 aliphatic carbocycles. The number of benzene rings is 2. The summed E-state index contributed by atoms with van der Waals surface area (Å²) in [5, 5.41) is 9.06. The minimum atomic E-state index is 0.307. The standard InChI is InChI=1S/C20H16N4S2Se/c1-14-7-9-15(10-8-14)11-21-19-23-24-20(26-19)25-12-17-13-27-18(22-17)16-5-3-2-4-6-16/h2-11,13H,12H2,1H3. The first-order chi connectivity index (χ1) is 13.3. The van der Waals surface area contributed by atoms with Gasteiger partial charge in [-0.05, 0) is 6.92 Å². The Kier molecular flexibility index (Phi) is 5.94. The number of rotatable bonds is 6. The van der Waals surface area contributed by atoms with Crippen LogP contribution in [0.15, 0.2) is 68.9 Å². The maximum absolute atomic E-state index is 4.77. The van der Waals surface area contributed by atoms with E-state index in [0.29, 0.717) is 19.6 Å². The molecule has 4 rings (SSSR count). The maximum atomic E-state index is 4.77. The molecule has 0 aliphatic heterocycles. The van der Waals surface area contributed by atoms with E-state index in [1.165, 1.54) is 27.0 Å². The normalized spacial score (nSPS) is 11.3. The second-order valence-electron chi connectivity index (χ2n) is 5.82. The quantitative estimate of drug-likeness (QED) is 0.233. The van der Waals surface area contributed by atoms with Gasteiger partial charge in [0.1, 0.15) is 0 Å². The van der Waals surface area contributed by atoms with Gasteiger partial charge >= 0.3 is 160 Å². The monoisotopic (exact) mass is 456 g/mol. The first kappa shape index (κ1) is 18.3. The van der Waals surface area contributed by atoms with Gasteiger partial charge in [0, 0.05) is 0 Å². The summed E-state index contributed by atoms with van der Waals surface area (Å²) in [5.74, 6) is 0.814. The van der Waals surface area contributed by atoms with E-state index in [4.69, 9.17) is 4.98 Å². The summed E-state index contributed by atoms with van der Waals surface area (Å²) >= 11 is 3.48. The number of aliphatic imine (C=N–C) groups is 1. The van der Waals surface area contributed by atoms with Crippen molar-refractivity contribution in [3.63, 3.8) is 0 Å². The van der Waals surface area contributed by atoms with Gasteiger partial charge in [-0.15, -0.1) is 0 Å². The van der Waals surface area contributed by atoms with Crippen molar-refractivity contribution in [2.45, 2.75) is 17.0 Å². The molecule has 0 unspecified atom stereocenters. The molecule has 0 saturated carbocycles. The van der Waals surface area contributed by atoms with Gasteiger partial charge < -0.3 is 0 Å². The Hall–Kier alpha value is -2.05. The van der Waals surface area contributed by atoms with Crippen LogP contribution in [-0.4, -0.2) is 35.9 Å². The Balaban J connectivity index is 1.36. The first-order valence-corrected chi connectivity index (χ1v) is 12.0. The molecule has 0 N–H and O–H groups in total. The fraction of sp³-hybridized carbons (Fsp3) is 0.100. The van der Waals surface area contributed by atoms with E-state index in [9.17, 15) is 0 Å². The third kappa shape index (κ3) is 5.02. The van der Waals surface area contributed by atoms with Crippen LogP contribution in [0.3, 0.4) is 0 Å². The van der Waals surface area contributed by atoms with Gasteiger partial charge in [0.25, 0.3) is 0 Å². The fourth-order valence-electron chi connectivity index (χ4n) is 2.32. The van der Waals surface area contributed by atoms with Crippen molar-refractivity contribution in [2.24, 2.45) is 4.99 Å². The number of hydrogen-bond donors (Lipinski definition) is 0. The van der Waals surface area contributed by atoms with Gasteiger partial charge in [0.15, 0.2) is 0 Å². The zero-order valence-corrected chi connectivity index (χ0v) is 17.9. The summed E-state index contributed by atoms with van der Waals surface area (Å²) in [7, 11) is 0. The Labute approximate surface area is 172 Å². The molecule has 0 spiro atoms. The molecule has 0 bridgehead atoms. The minimum absolute atomic E-state index is 0.307. The van der Waals surface area contributed by atoms with Crippen LogP contribution in [0.2, 0.25) is 0 Å². The number of thioether (sulfide) groups is 1. The van der Waals surface area contributed by atoms with Crippen molar-refractivity contribution in [3.8, 4) is 10.1 Å². The SMILES string of the molecule is Cc1ccc(C=Nc2nnc(SCc3c[se]c(-c4ccccc4)n3)s2)cc1. The zero-order valence-electron chi connectivity index (χ0n) is 14.6. The molecule has 0 aliphatic rings. The molecule has 7 heteroatoms. The van der Waals surface area contributed by atoms with E-state index in [0.717, 1.165) is 21.3 Å². The second kappa shape index (κ2) is 8.76. The Morgan fingerprint density at radius 3 is 2.70 bits per heavy atom. The third-order valence-electron chi connectivity index (χ3n) is 3.71. The fourth-order valence-corrected chi connectivity index (χ4v) is 5.87. The van der Waals surface area contributed by atoms with Crippen LogP contribution in [0, 0.1) is 6.92 Å². The van der Waals surface area contributed by atoms with E-state index in [1.807, 2.05) is 24.4 Å². The van der Waals surface area contributed by atoms with Crippen LogP contribution >= 0.6 is 23.1 Å². The molecule has 2 aromatic heterocycles. The molecule has 2 aromatic carbocycles. The second-order valence-corrected chi connectivity index (χ2v) is 9.80. The van der Waals surface area contributed by atoms with Crippen molar-refractivity contribution in [3.05, 3.63) is 76.4 Å². The third-order valence-corrected chi connectivity index (χ3v) is 7.68. The van der Waals surface area contributed by atoms with Crippen LogP contribution in [0.1, 0.15) is 16.8 Å². The van der Waals surface area contributed by atoms with Crippen LogP contribution < -0.4 is 0 Å². The van der Waals surface area contributed by atoms with E-state index in [2.05, 4.69) is 63.5 Å². The zero-order chi connectivity index (χ0) is 18.5. The Morgan fingerprint density at radius 2 is 1.89 bits per heavy atom. The van der Waals surface area contributed by atoms with Gasteiger partial charge in [-0.1, -0.05) is 5.56 Å². The summed E-state index contributed by atoms with van der Waals surface area (Å²) in [6.45, 7) is 2.07. The molecular weight excluding hydrogens is 439 g/mol. The van der Waals surface area contributed by atoms with Crippen molar-refractivity contribution in [2.75, 3.05) is 0 Å². The number of aryl methyl sites for hydroxylation is 1. The average molecular weight is 455 g/mol. The van der Waals surface area contributed by atoms with Crippen LogP contribution in [0.5, 0.6) is 0 Å². The van der Waals surface area contributed by atoms with Crippen molar-refractivity contribution in [1.82, 2.24) is 15.2 Å². The van der Waals surface area contributed by atoms with Crippen molar-refractivity contribution >= 4 is 48.9 Å². The van der Waals surface area contributed by atoms with Gasteiger partial charge in [-0.3, -0.25) is 0 Å². The summed E-state index contributed by atoms with van der Waals surface area (Å²) in [4.78, 5) is 11.5. The first-order valence-electron chi connectivity index (χ1n) is 8.33. The van der Waals surface area contributed by atoms with Crippen LogP contribution in [0.25, 0.3) is 10.1 Å². The molecule has 0 atom stereocenters. The molecule has 0 fully saturated rings. The van der Waals surface area contributed by atoms with Crippen molar-refractivity contribution < 1.29 is 0 Å². The van der Waals surface area contributed by atoms with E-state index >= 15 is 0 Å². The molecule has 134 valence electrons. The molecular formula is C20H16N4S2Se. The topological polar surface area (TPSA) is 51.0 Å². The van der Waals surface area contributed by atoms with E-state index in [1.54, 1.807) is 11.8 Å². The Bertz CT molecular complexity index is 1040. The van der Waals surface area contributed by atoms with Gasteiger partial charge in [0.05, 0.1) is 0 Å². The predicted octanol–water partition coefficient (Wildman–Crippen LogP) is 5.01. The molecule has 0 amide bonds. The van der Waals surface area contributed by atoms with Crippen molar-refractivity contribution in [1.29, 1.82) is 0 Å². The molecule has 27 heavy (non-hydrogen) atoms. The summed E-state index contributed by atoms with van der Waals surface area (Å²) in [6.07, 6.45) is 1.83. The van der Waals surface area contributed by atoms with Gasteiger partial charge in [-0.2, -0.15) is 0 Å². The van der Waals surface area contributed by atoms with E-state index in [-0.39, 0.29) is 0 Å². The molecule has 4 aromatic rings. The number of hydrogen-bond acceptors (Lipinski definition) is 6. The number of aromatic nitrogens is 3. The number of nitrogens with zero attached hydrogens (tertiary/aromatic N) is 4.